The molecule has 3 aromatic rings. The number of esters is 1. The van der Waals surface area contributed by atoms with E-state index in [4.69, 9.17) is 23.7 Å². The van der Waals surface area contributed by atoms with Crippen molar-refractivity contribution in [1.82, 2.24) is 15.1 Å². The number of nitrogens with one attached hydrogen (secondary N) is 1. The average molecular weight is 1150 g/mol. The highest BCUT2D eigenvalue weighted by Crippen LogP contribution is 2.67. The lowest BCUT2D eigenvalue weighted by molar-refractivity contribution is -0.152. The molecule has 13 nitrogen and oxygen atoms in total. The van der Waals surface area contributed by atoms with Crippen LogP contribution in [-0.4, -0.2) is 111 Å². The SMILES string of the molecule is CCN(CC)CC.COc1ccc(C(OCC2CC(OC(=O)CCC(=O)O)CN2C(=O)CCCCCNC(=O)O[C@H]2CC[C@@]3(C)C(=CC[C@H]4[C@@H]5CC[C@H]([C@H](C)CCCC(C)C)[C@@]5(C)CC[C@@H]43)C2)(c2ccccc2)c2ccc(OC)cc2)cc1. The molecule has 0 bridgehead atoms. The normalized spacial score (nSPS) is 25.9. The van der Waals surface area contributed by atoms with Gasteiger partial charge < -0.3 is 43.9 Å². The lowest BCUT2D eigenvalue weighted by Crippen LogP contribution is -2.51. The van der Waals surface area contributed by atoms with Gasteiger partial charge in [0.15, 0.2) is 0 Å². The van der Waals surface area contributed by atoms with Gasteiger partial charge in [-0.25, -0.2) is 4.79 Å². The molecule has 0 aromatic heterocycles. The molecule has 5 aliphatic rings. The summed E-state index contributed by atoms with van der Waals surface area (Å²) in [6.45, 7) is 23.3. The van der Waals surface area contributed by atoms with Crippen LogP contribution in [0.1, 0.15) is 188 Å². The zero-order chi connectivity index (χ0) is 59.7. The fourth-order valence-electron chi connectivity index (χ4n) is 15.7. The molecule has 1 saturated heterocycles. The minimum Gasteiger partial charge on any atom is -0.497 e. The quantitative estimate of drug-likeness (QED) is 0.0325. The number of likely N-dealkylation sites (tertiary alicyclic amines) is 1. The first kappa shape index (κ1) is 65.1. The monoisotopic (exact) mass is 1150 g/mol. The van der Waals surface area contributed by atoms with Crippen molar-refractivity contribution in [3.8, 4) is 11.5 Å². The molecule has 0 radical (unpaired) electrons. The Kier molecular flexibility index (Phi) is 24.0. The van der Waals surface area contributed by atoms with E-state index in [1.807, 2.05) is 78.9 Å². The highest BCUT2D eigenvalue weighted by atomic mass is 16.6. The Morgan fingerprint density at radius 3 is 1.98 bits per heavy atom. The second-order valence-electron chi connectivity index (χ2n) is 25.7. The summed E-state index contributed by atoms with van der Waals surface area (Å²) >= 11 is 0. The van der Waals surface area contributed by atoms with Crippen molar-refractivity contribution < 1.29 is 48.0 Å². The molecule has 1 aliphatic heterocycles. The van der Waals surface area contributed by atoms with Gasteiger partial charge >= 0.3 is 18.0 Å². The maximum absolute atomic E-state index is 14.2. The minimum atomic E-state index is -1.13. The number of benzene rings is 3. The van der Waals surface area contributed by atoms with Crippen molar-refractivity contribution >= 4 is 23.9 Å². The van der Waals surface area contributed by atoms with E-state index in [2.05, 4.69) is 71.7 Å². The second-order valence-corrected chi connectivity index (χ2v) is 25.7. The standard InChI is InChI=1S/C64H88N2O10.C6H15N/c1-43(2)15-14-16-44(3)55-30-31-56-54-29-24-48-39-52(34-36-62(48,4)57(54)35-37-63(55,56)5)76-61(71)65-38-13-9-12-19-58(67)66-41-53(75-60(70)33-32-59(68)69)40-49(66)42-74-64(45-17-10-8-11-18-45,46-20-25-50(72-6)26-21-46)47-22-27-51(73-7)28-23-47;1-4-7(5-2)6-3/h8,10-11,17-18,20-28,43-44,49,52-57H,9,12-16,19,29-42H2,1-7H3,(H,65,71)(H,68,69);4-6H2,1-3H3/t44-,49?,52+,53?,54+,55-,56+,57+,62+,63-;/m1./s1. The van der Waals surface area contributed by atoms with Gasteiger partial charge in [0.2, 0.25) is 5.91 Å². The first-order valence-corrected chi connectivity index (χ1v) is 32.0. The molecule has 1 heterocycles. The number of hydrogen-bond donors (Lipinski definition) is 2. The number of carbonyl (C=O) groups is 4. The van der Waals surface area contributed by atoms with Crippen molar-refractivity contribution in [3.63, 3.8) is 0 Å². The first-order valence-electron chi connectivity index (χ1n) is 32.0. The Morgan fingerprint density at radius 1 is 0.723 bits per heavy atom. The third-order valence-corrected chi connectivity index (χ3v) is 20.4. The van der Waals surface area contributed by atoms with Gasteiger partial charge in [0.1, 0.15) is 29.3 Å². The molecule has 458 valence electrons. The Balaban J connectivity index is 0.00000133. The third-order valence-electron chi connectivity index (χ3n) is 20.4. The van der Waals surface area contributed by atoms with E-state index in [1.54, 1.807) is 19.1 Å². The fraction of sp³-hybridized carbons (Fsp3) is 0.657. The van der Waals surface area contributed by atoms with Crippen LogP contribution < -0.4 is 14.8 Å². The van der Waals surface area contributed by atoms with E-state index < -0.39 is 29.7 Å². The Hall–Kier alpha value is -5.40. The summed E-state index contributed by atoms with van der Waals surface area (Å²) in [4.78, 5) is 55.7. The van der Waals surface area contributed by atoms with Crippen molar-refractivity contribution in [2.75, 3.05) is 53.6 Å². The van der Waals surface area contributed by atoms with Crippen LogP contribution in [0.3, 0.4) is 0 Å². The molecular weight excluding hydrogens is 1040 g/mol. The predicted octanol–water partition coefficient (Wildman–Crippen LogP) is 14.4. The van der Waals surface area contributed by atoms with Crippen molar-refractivity contribution in [3.05, 3.63) is 107 Å². The maximum atomic E-state index is 14.2. The van der Waals surface area contributed by atoms with Gasteiger partial charge in [0.25, 0.3) is 0 Å². The zero-order valence-electron chi connectivity index (χ0n) is 52.3. The Labute approximate surface area is 498 Å². The first-order chi connectivity index (χ1) is 39.9. The Morgan fingerprint density at radius 2 is 1.37 bits per heavy atom. The molecule has 13 heteroatoms. The number of hydrogen-bond acceptors (Lipinski definition) is 10. The van der Waals surface area contributed by atoms with Crippen LogP contribution in [0.2, 0.25) is 0 Å². The molecular formula is C70H103N3O10. The predicted molar refractivity (Wildman–Crippen MR) is 328 cm³/mol. The number of carboxylic acids is 1. The van der Waals surface area contributed by atoms with Gasteiger partial charge in [-0.05, 0) is 165 Å². The van der Waals surface area contributed by atoms with Crippen LogP contribution in [0, 0.1) is 46.3 Å². The molecule has 3 aromatic carbocycles. The fourth-order valence-corrected chi connectivity index (χ4v) is 15.7. The number of nitrogens with zero attached hydrogens (tertiary/aromatic N) is 2. The van der Waals surface area contributed by atoms with E-state index in [-0.39, 0.29) is 55.9 Å². The second kappa shape index (κ2) is 30.6. The van der Waals surface area contributed by atoms with Gasteiger partial charge in [-0.3, -0.25) is 14.4 Å². The van der Waals surface area contributed by atoms with Crippen LogP contribution in [0.15, 0.2) is 90.5 Å². The number of allylic oxidation sites excluding steroid dienone is 1. The smallest absolute Gasteiger partial charge is 0.407 e. The highest BCUT2D eigenvalue weighted by Gasteiger charge is 2.59. The minimum absolute atomic E-state index is 0.0892. The number of fused-ring (bicyclic) bond motifs is 5. The summed E-state index contributed by atoms with van der Waals surface area (Å²) in [7, 11) is 3.25. The third kappa shape index (κ3) is 16.1. The summed E-state index contributed by atoms with van der Waals surface area (Å²) in [5.41, 5.74) is 3.60. The van der Waals surface area contributed by atoms with Crippen LogP contribution in [0.5, 0.6) is 11.5 Å². The van der Waals surface area contributed by atoms with E-state index in [1.165, 1.54) is 76.6 Å². The van der Waals surface area contributed by atoms with Gasteiger partial charge in [0.05, 0.1) is 46.3 Å². The van der Waals surface area contributed by atoms with E-state index in [9.17, 15) is 24.3 Å². The number of carbonyl (C=O) groups excluding carboxylic acids is 3. The molecule has 0 spiro atoms. The lowest BCUT2D eigenvalue weighted by Gasteiger charge is -2.58. The summed E-state index contributed by atoms with van der Waals surface area (Å²) in [5.74, 6) is 4.34. The largest absolute Gasteiger partial charge is 0.497 e. The number of aliphatic carboxylic acids is 1. The van der Waals surface area contributed by atoms with Crippen LogP contribution in [0.4, 0.5) is 4.79 Å². The topological polar surface area (TPSA) is 153 Å². The van der Waals surface area contributed by atoms with Gasteiger partial charge in [0, 0.05) is 25.8 Å². The average Bonchev–Trinajstić information content (AvgIpc) is 2.32. The van der Waals surface area contributed by atoms with E-state index in [0.717, 1.165) is 77.9 Å². The molecule has 2 amide bonds. The molecule has 83 heavy (non-hydrogen) atoms. The number of ether oxygens (including phenoxy) is 5. The summed E-state index contributed by atoms with van der Waals surface area (Å²) in [6, 6.07) is 25.0. The van der Waals surface area contributed by atoms with Crippen LogP contribution in [0.25, 0.3) is 0 Å². The number of alkyl carbamates (subject to hydrolysis) is 1. The molecule has 4 aliphatic carbocycles. The van der Waals surface area contributed by atoms with Gasteiger partial charge in [-0.2, -0.15) is 0 Å². The molecule has 8 rings (SSSR count). The highest BCUT2D eigenvalue weighted by molar-refractivity contribution is 5.78. The summed E-state index contributed by atoms with van der Waals surface area (Å²) in [6.07, 6.45) is 16.9. The van der Waals surface area contributed by atoms with Crippen molar-refractivity contribution in [1.29, 1.82) is 0 Å². The van der Waals surface area contributed by atoms with Crippen molar-refractivity contribution in [2.45, 2.75) is 195 Å². The number of methoxy groups -OCH3 is 2. The number of unbranched alkanes of at least 4 members (excludes halogenated alkanes) is 2. The van der Waals surface area contributed by atoms with Crippen molar-refractivity contribution in [2.24, 2.45) is 46.3 Å². The van der Waals surface area contributed by atoms with Crippen LogP contribution >= 0.6 is 0 Å². The zero-order valence-corrected chi connectivity index (χ0v) is 52.3. The van der Waals surface area contributed by atoms with Gasteiger partial charge in [-0.15, -0.1) is 0 Å². The van der Waals surface area contributed by atoms with E-state index >= 15 is 0 Å². The number of rotatable bonds is 27. The number of amides is 2. The number of carboxylic acid groups (broad SMARTS) is 1. The molecule has 3 saturated carbocycles. The molecule has 2 N–H and O–H groups in total. The maximum Gasteiger partial charge on any atom is 0.407 e. The van der Waals surface area contributed by atoms with Crippen LogP contribution in [-0.2, 0) is 34.2 Å². The lowest BCUT2D eigenvalue weighted by atomic mass is 9.47. The summed E-state index contributed by atoms with van der Waals surface area (Å²) in [5, 5.41) is 12.2. The van der Waals surface area contributed by atoms with E-state index in [0.29, 0.717) is 42.7 Å². The Bertz CT molecular complexity index is 2500. The molecule has 10 atom stereocenters. The van der Waals surface area contributed by atoms with Gasteiger partial charge in [-0.1, -0.05) is 147 Å². The summed E-state index contributed by atoms with van der Waals surface area (Å²) < 4.78 is 30.2. The molecule has 2 unspecified atom stereocenters. The molecule has 4 fully saturated rings.